The van der Waals surface area contributed by atoms with E-state index in [2.05, 4.69) is 0 Å². The number of hydrogen-bond acceptors (Lipinski definition) is 4. The number of nitrogens with zero attached hydrogens (tertiary/aromatic N) is 1. The fourth-order valence-corrected chi connectivity index (χ4v) is 1.81. The summed E-state index contributed by atoms with van der Waals surface area (Å²) in [4.78, 5) is 23.2. The number of rotatable bonds is 4. The lowest BCUT2D eigenvalue weighted by atomic mass is 10.1. The van der Waals surface area contributed by atoms with Gasteiger partial charge in [-0.25, -0.2) is 4.79 Å². The molecule has 90 valence electrons. The van der Waals surface area contributed by atoms with Crippen LogP contribution in [0.25, 0.3) is 11.1 Å². The maximum absolute atomic E-state index is 11.7. The van der Waals surface area contributed by atoms with Gasteiger partial charge in [0.25, 0.3) is 0 Å². The molecule has 2 rings (SSSR count). The summed E-state index contributed by atoms with van der Waals surface area (Å²) in [6, 6.07) is 4.98. The van der Waals surface area contributed by atoms with Crippen LogP contribution in [0.5, 0.6) is 0 Å². The maximum atomic E-state index is 11.7. The molecule has 0 aliphatic rings. The van der Waals surface area contributed by atoms with Crippen molar-refractivity contribution >= 4 is 16.9 Å². The Kier molecular flexibility index (Phi) is 3.10. The minimum atomic E-state index is -0.397. The van der Waals surface area contributed by atoms with Crippen LogP contribution in [0.15, 0.2) is 27.4 Å². The number of Topliss-reactive ketones (excluding diaryl/α,β-unsaturated/α-hetero) is 1. The van der Waals surface area contributed by atoms with Gasteiger partial charge in [0.15, 0.2) is 11.4 Å². The molecule has 0 atom stereocenters. The van der Waals surface area contributed by atoms with Crippen LogP contribution >= 0.6 is 0 Å². The molecule has 0 amide bonds. The molecule has 0 fully saturated rings. The second-order valence-corrected chi connectivity index (χ2v) is 3.76. The first-order chi connectivity index (χ1) is 8.17. The molecular formula is C12H14N2O3. The van der Waals surface area contributed by atoms with Crippen molar-refractivity contribution in [1.29, 1.82) is 0 Å². The summed E-state index contributed by atoms with van der Waals surface area (Å²) in [6.07, 6.45) is 0.305. The zero-order valence-electron chi connectivity index (χ0n) is 9.60. The second-order valence-electron chi connectivity index (χ2n) is 3.76. The van der Waals surface area contributed by atoms with Crippen molar-refractivity contribution in [3.63, 3.8) is 0 Å². The van der Waals surface area contributed by atoms with Crippen LogP contribution in [0.2, 0.25) is 0 Å². The van der Waals surface area contributed by atoms with E-state index in [1.807, 2.05) is 6.92 Å². The van der Waals surface area contributed by atoms with E-state index < -0.39 is 5.76 Å². The Morgan fingerprint density at radius 2 is 2.24 bits per heavy atom. The Morgan fingerprint density at radius 3 is 2.88 bits per heavy atom. The van der Waals surface area contributed by atoms with Crippen LogP contribution in [0.1, 0.15) is 23.7 Å². The van der Waals surface area contributed by atoms with Gasteiger partial charge in [0.1, 0.15) is 0 Å². The monoisotopic (exact) mass is 234 g/mol. The average Bonchev–Trinajstić information content (AvgIpc) is 2.63. The van der Waals surface area contributed by atoms with Crippen molar-refractivity contribution in [2.45, 2.75) is 19.9 Å². The smallest absolute Gasteiger partial charge is 0.408 e. The summed E-state index contributed by atoms with van der Waals surface area (Å²) in [5.74, 6) is -0.420. The number of ketones is 1. The van der Waals surface area contributed by atoms with Crippen molar-refractivity contribution in [2.75, 3.05) is 6.54 Å². The normalized spacial score (nSPS) is 10.9. The predicted octanol–water partition coefficient (Wildman–Crippen LogP) is 1.15. The predicted molar refractivity (Wildman–Crippen MR) is 64.1 cm³/mol. The Labute approximate surface area is 97.8 Å². The fraction of sp³-hybridized carbons (Fsp3) is 0.333. The highest BCUT2D eigenvalue weighted by molar-refractivity contribution is 5.98. The van der Waals surface area contributed by atoms with Gasteiger partial charge in [-0.2, -0.15) is 0 Å². The molecule has 0 spiro atoms. The molecule has 17 heavy (non-hydrogen) atoms. The van der Waals surface area contributed by atoms with Crippen LogP contribution in [-0.2, 0) is 6.54 Å². The Balaban J connectivity index is 2.56. The van der Waals surface area contributed by atoms with Crippen LogP contribution in [0, 0.1) is 0 Å². The van der Waals surface area contributed by atoms with Gasteiger partial charge < -0.3 is 10.2 Å². The highest BCUT2D eigenvalue weighted by Crippen LogP contribution is 2.16. The van der Waals surface area contributed by atoms with E-state index in [1.54, 1.807) is 18.2 Å². The van der Waals surface area contributed by atoms with Crippen molar-refractivity contribution in [3.8, 4) is 0 Å². The third-order valence-corrected chi connectivity index (χ3v) is 2.68. The van der Waals surface area contributed by atoms with Gasteiger partial charge in [0, 0.05) is 18.5 Å². The number of carbonyl (C=O) groups is 1. The van der Waals surface area contributed by atoms with E-state index in [4.69, 9.17) is 10.2 Å². The molecule has 0 bridgehead atoms. The van der Waals surface area contributed by atoms with E-state index in [9.17, 15) is 9.59 Å². The molecule has 0 aliphatic heterocycles. The Bertz CT molecular complexity index is 610. The number of hydrogen-bond donors (Lipinski definition) is 1. The number of aromatic nitrogens is 1. The molecule has 0 aliphatic carbocycles. The van der Waals surface area contributed by atoms with E-state index in [1.165, 1.54) is 4.57 Å². The van der Waals surface area contributed by atoms with Crippen molar-refractivity contribution in [3.05, 3.63) is 34.3 Å². The third kappa shape index (κ3) is 2.01. The van der Waals surface area contributed by atoms with Gasteiger partial charge in [0.2, 0.25) is 0 Å². The number of benzene rings is 1. The Morgan fingerprint density at radius 1 is 1.47 bits per heavy atom. The minimum absolute atomic E-state index is 0.0225. The van der Waals surface area contributed by atoms with Gasteiger partial charge >= 0.3 is 5.76 Å². The molecule has 0 saturated carbocycles. The molecule has 0 unspecified atom stereocenters. The molecule has 0 saturated heterocycles. The van der Waals surface area contributed by atoms with Gasteiger partial charge in [-0.05, 0) is 31.7 Å². The molecule has 2 N–H and O–H groups in total. The SMILES string of the molecule is CCn1c(=O)oc2ccc(C(=O)CCN)cc21. The van der Waals surface area contributed by atoms with Crippen molar-refractivity contribution in [1.82, 2.24) is 4.57 Å². The quantitative estimate of drug-likeness (QED) is 0.805. The minimum Gasteiger partial charge on any atom is -0.408 e. The summed E-state index contributed by atoms with van der Waals surface area (Å²) >= 11 is 0. The number of nitrogens with two attached hydrogens (primary N) is 1. The van der Waals surface area contributed by atoms with Crippen molar-refractivity contribution in [2.24, 2.45) is 5.73 Å². The summed E-state index contributed by atoms with van der Waals surface area (Å²) in [5.41, 5.74) is 7.06. The first-order valence-electron chi connectivity index (χ1n) is 5.54. The fourth-order valence-electron chi connectivity index (χ4n) is 1.81. The highest BCUT2D eigenvalue weighted by Gasteiger charge is 2.11. The number of oxazole rings is 1. The summed E-state index contributed by atoms with van der Waals surface area (Å²) < 4.78 is 6.55. The van der Waals surface area contributed by atoms with Crippen LogP contribution in [0.4, 0.5) is 0 Å². The topological polar surface area (TPSA) is 78.2 Å². The lowest BCUT2D eigenvalue weighted by molar-refractivity contribution is 0.0985. The van der Waals surface area contributed by atoms with E-state index in [0.717, 1.165) is 0 Å². The molecule has 1 aromatic heterocycles. The standard InChI is InChI=1S/C12H14N2O3/c1-2-14-9-7-8(10(15)5-6-13)3-4-11(9)17-12(14)16/h3-4,7H,2,5-6,13H2,1H3. The summed E-state index contributed by atoms with van der Waals surface area (Å²) in [7, 11) is 0. The van der Waals surface area contributed by atoms with Gasteiger partial charge in [-0.3, -0.25) is 9.36 Å². The molecule has 5 heteroatoms. The molecule has 5 nitrogen and oxygen atoms in total. The van der Waals surface area contributed by atoms with Crippen LogP contribution < -0.4 is 11.5 Å². The first-order valence-corrected chi connectivity index (χ1v) is 5.54. The first kappa shape index (κ1) is 11.6. The molecular weight excluding hydrogens is 220 g/mol. The lowest BCUT2D eigenvalue weighted by Crippen LogP contribution is -2.12. The number of carbonyl (C=O) groups excluding carboxylic acids is 1. The zero-order valence-corrected chi connectivity index (χ0v) is 9.60. The molecule has 1 heterocycles. The van der Waals surface area contributed by atoms with Gasteiger partial charge in [-0.15, -0.1) is 0 Å². The summed E-state index contributed by atoms with van der Waals surface area (Å²) in [6.45, 7) is 2.69. The maximum Gasteiger partial charge on any atom is 0.419 e. The number of aryl methyl sites for hydroxylation is 1. The highest BCUT2D eigenvalue weighted by atomic mass is 16.4. The average molecular weight is 234 g/mol. The van der Waals surface area contributed by atoms with Gasteiger partial charge in [0.05, 0.1) is 5.52 Å². The lowest BCUT2D eigenvalue weighted by Gasteiger charge is -2.00. The van der Waals surface area contributed by atoms with Crippen LogP contribution in [-0.4, -0.2) is 16.9 Å². The van der Waals surface area contributed by atoms with Crippen molar-refractivity contribution < 1.29 is 9.21 Å². The second kappa shape index (κ2) is 4.55. The summed E-state index contributed by atoms with van der Waals surface area (Å²) in [5, 5.41) is 0. The third-order valence-electron chi connectivity index (χ3n) is 2.68. The number of fused-ring (bicyclic) bond motifs is 1. The van der Waals surface area contributed by atoms with E-state index in [-0.39, 0.29) is 5.78 Å². The molecule has 0 radical (unpaired) electrons. The van der Waals surface area contributed by atoms with Crippen LogP contribution in [0.3, 0.4) is 0 Å². The van der Waals surface area contributed by atoms with E-state index >= 15 is 0 Å². The molecule has 2 aromatic rings. The zero-order chi connectivity index (χ0) is 12.4. The van der Waals surface area contributed by atoms with Gasteiger partial charge in [-0.1, -0.05) is 0 Å². The molecule has 1 aromatic carbocycles. The Hall–Kier alpha value is -1.88. The van der Waals surface area contributed by atoms with E-state index in [0.29, 0.717) is 36.2 Å². The largest absolute Gasteiger partial charge is 0.419 e.